The van der Waals surface area contributed by atoms with Gasteiger partial charge >= 0.3 is 6.18 Å². The van der Waals surface area contributed by atoms with Crippen molar-refractivity contribution in [2.45, 2.75) is 19.2 Å². The van der Waals surface area contributed by atoms with Crippen molar-refractivity contribution in [1.29, 1.82) is 0 Å². The summed E-state index contributed by atoms with van der Waals surface area (Å²) in [6.07, 6.45) is -2.13. The Morgan fingerprint density at radius 3 is 2.56 bits per heavy atom. The first kappa shape index (κ1) is 28.1. The van der Waals surface area contributed by atoms with Gasteiger partial charge in [0.15, 0.2) is 0 Å². The molecule has 5 aromatic rings. The molecule has 0 unspecified atom stereocenters. The highest BCUT2D eigenvalue weighted by atomic mass is 32.1. The summed E-state index contributed by atoms with van der Waals surface area (Å²) < 4.78 is 48.4. The molecule has 3 heterocycles. The second kappa shape index (κ2) is 11.6. The van der Waals surface area contributed by atoms with Crippen LogP contribution in [0.5, 0.6) is 5.75 Å². The fraction of sp³-hybridized carbons (Fsp3) is 0.207. The Kier molecular flexibility index (Phi) is 7.95. The number of imidazole rings is 1. The molecule has 1 atom stereocenters. The average Bonchev–Trinajstić information content (AvgIpc) is 3.57. The summed E-state index contributed by atoms with van der Waals surface area (Å²) in [5.74, 6) is 0.150. The van der Waals surface area contributed by atoms with Gasteiger partial charge in [0.25, 0.3) is 5.91 Å². The number of fused-ring (bicyclic) bond motifs is 1. The number of primary amides is 1. The van der Waals surface area contributed by atoms with Gasteiger partial charge < -0.3 is 21.1 Å². The number of pyridine rings is 1. The molecule has 0 aliphatic rings. The summed E-state index contributed by atoms with van der Waals surface area (Å²) in [5.41, 5.74) is 8.11. The third kappa shape index (κ3) is 6.03. The van der Waals surface area contributed by atoms with E-state index in [0.717, 1.165) is 53.0 Å². The zero-order valence-corrected chi connectivity index (χ0v) is 23.0. The highest BCUT2D eigenvalue weighted by Gasteiger charge is 2.35. The maximum Gasteiger partial charge on any atom is 0.416 e. The van der Waals surface area contributed by atoms with Gasteiger partial charge in [0.2, 0.25) is 0 Å². The van der Waals surface area contributed by atoms with Crippen LogP contribution in [0.3, 0.4) is 0 Å². The number of carbonyl (C=O) groups excluding carboxylic acids is 1. The number of hydrogen-bond donors (Lipinski definition) is 3. The van der Waals surface area contributed by atoms with Gasteiger partial charge in [-0.3, -0.25) is 9.36 Å². The number of halogens is 3. The van der Waals surface area contributed by atoms with Crippen molar-refractivity contribution in [2.24, 2.45) is 5.73 Å². The van der Waals surface area contributed by atoms with E-state index in [-0.39, 0.29) is 16.2 Å². The molecule has 0 spiro atoms. The van der Waals surface area contributed by atoms with E-state index >= 15 is 0 Å². The van der Waals surface area contributed by atoms with Crippen LogP contribution in [0.2, 0.25) is 0 Å². The zero-order chi connectivity index (χ0) is 29.1. The summed E-state index contributed by atoms with van der Waals surface area (Å²) in [5, 5.41) is 6.89. The molecule has 8 nitrogen and oxygen atoms in total. The third-order valence-electron chi connectivity index (χ3n) is 6.48. The van der Waals surface area contributed by atoms with Gasteiger partial charge in [-0.15, -0.1) is 11.3 Å². The van der Waals surface area contributed by atoms with Gasteiger partial charge in [-0.1, -0.05) is 24.3 Å². The molecule has 3 aromatic heterocycles. The number of anilines is 1. The minimum atomic E-state index is -4.55. The molecule has 0 fully saturated rings. The zero-order valence-electron chi connectivity index (χ0n) is 22.2. The average molecular weight is 581 g/mol. The van der Waals surface area contributed by atoms with Gasteiger partial charge in [0.05, 0.1) is 16.6 Å². The number of likely N-dealkylation sites (N-methyl/N-ethyl adjacent to an activating group) is 1. The standard InChI is InChI=1S/C29H27F3N6O2S/c1-17(20-5-3-4-6-21(20)29(30,31)32)40-24-14-26(41-27(24)28(33)39)38-16-37-22-13-18(7-9-23(22)38)19-8-10-25(36-15-19)35-12-11-34-2/h3-10,13-17,34H,11-12H2,1-2H3,(H2,33,39)(H,35,36)/t17-/m1/s1. The van der Waals surface area contributed by atoms with Crippen LogP contribution in [0.4, 0.5) is 19.0 Å². The molecule has 0 aliphatic heterocycles. The van der Waals surface area contributed by atoms with Gasteiger partial charge in [0, 0.05) is 36.5 Å². The molecule has 12 heteroatoms. The first-order valence-electron chi connectivity index (χ1n) is 12.7. The Morgan fingerprint density at radius 2 is 1.85 bits per heavy atom. The van der Waals surface area contributed by atoms with E-state index < -0.39 is 23.8 Å². The van der Waals surface area contributed by atoms with Crippen LogP contribution in [0, 0.1) is 0 Å². The quantitative estimate of drug-likeness (QED) is 0.174. The highest BCUT2D eigenvalue weighted by molar-refractivity contribution is 7.16. The summed E-state index contributed by atoms with van der Waals surface area (Å²) >= 11 is 1.08. The number of amides is 1. The second-order valence-corrected chi connectivity index (χ2v) is 10.3. The molecule has 1 amide bonds. The van der Waals surface area contributed by atoms with Crippen LogP contribution >= 0.6 is 11.3 Å². The molecular weight excluding hydrogens is 553 g/mol. The van der Waals surface area contributed by atoms with Crippen molar-refractivity contribution < 1.29 is 22.7 Å². The molecule has 41 heavy (non-hydrogen) atoms. The minimum Gasteiger partial charge on any atom is -0.484 e. The van der Waals surface area contributed by atoms with Crippen molar-refractivity contribution in [3.05, 3.63) is 89.2 Å². The maximum absolute atomic E-state index is 13.6. The topological polar surface area (TPSA) is 107 Å². The number of benzene rings is 2. The lowest BCUT2D eigenvalue weighted by Crippen LogP contribution is -2.18. The fourth-order valence-corrected chi connectivity index (χ4v) is 5.38. The van der Waals surface area contributed by atoms with Crippen molar-refractivity contribution in [2.75, 3.05) is 25.5 Å². The van der Waals surface area contributed by atoms with Gasteiger partial charge in [-0.25, -0.2) is 9.97 Å². The fourth-order valence-electron chi connectivity index (χ4n) is 4.46. The van der Waals surface area contributed by atoms with E-state index in [4.69, 9.17) is 10.5 Å². The molecule has 0 radical (unpaired) electrons. The monoisotopic (exact) mass is 580 g/mol. The Bertz CT molecular complexity index is 1680. The van der Waals surface area contributed by atoms with Crippen LogP contribution in [0.15, 0.2) is 73.2 Å². The van der Waals surface area contributed by atoms with Crippen molar-refractivity contribution in [3.8, 4) is 21.9 Å². The number of ether oxygens (including phenoxy) is 1. The van der Waals surface area contributed by atoms with Crippen molar-refractivity contribution in [3.63, 3.8) is 0 Å². The lowest BCUT2D eigenvalue weighted by Gasteiger charge is -2.19. The van der Waals surface area contributed by atoms with Crippen LogP contribution in [0.1, 0.15) is 33.8 Å². The molecule has 5 rings (SSSR count). The number of thiophene rings is 1. The summed E-state index contributed by atoms with van der Waals surface area (Å²) in [6, 6.07) is 16.5. The van der Waals surface area contributed by atoms with Crippen molar-refractivity contribution >= 4 is 34.1 Å². The van der Waals surface area contributed by atoms with Crippen LogP contribution < -0.4 is 21.1 Å². The third-order valence-corrected chi connectivity index (χ3v) is 7.61. The Labute approximate surface area is 238 Å². The molecule has 4 N–H and O–H groups in total. The first-order valence-corrected chi connectivity index (χ1v) is 13.6. The van der Waals surface area contributed by atoms with Gasteiger partial charge in [0.1, 0.15) is 33.9 Å². The van der Waals surface area contributed by atoms with E-state index in [1.807, 2.05) is 37.4 Å². The smallest absolute Gasteiger partial charge is 0.416 e. The Balaban J connectivity index is 1.42. The summed E-state index contributed by atoms with van der Waals surface area (Å²) in [7, 11) is 1.89. The van der Waals surface area contributed by atoms with Crippen LogP contribution in [0.25, 0.3) is 27.2 Å². The predicted molar refractivity (Wildman–Crippen MR) is 154 cm³/mol. The number of alkyl halides is 3. The number of rotatable bonds is 10. The number of nitrogens with one attached hydrogen (secondary N) is 2. The molecule has 212 valence electrons. The number of carbonyl (C=O) groups is 1. The van der Waals surface area contributed by atoms with Crippen LogP contribution in [-0.2, 0) is 6.18 Å². The number of nitrogens with two attached hydrogens (primary N) is 1. The molecule has 0 aliphatic carbocycles. The Morgan fingerprint density at radius 1 is 1.07 bits per heavy atom. The molecule has 0 saturated carbocycles. The van der Waals surface area contributed by atoms with E-state index in [9.17, 15) is 18.0 Å². The number of nitrogens with zero attached hydrogens (tertiary/aromatic N) is 3. The largest absolute Gasteiger partial charge is 0.484 e. The normalized spacial score (nSPS) is 12.4. The molecule has 0 saturated heterocycles. The van der Waals surface area contributed by atoms with E-state index in [1.54, 1.807) is 23.2 Å². The summed E-state index contributed by atoms with van der Waals surface area (Å²) in [4.78, 5) is 21.3. The second-order valence-electron chi connectivity index (χ2n) is 9.27. The highest BCUT2D eigenvalue weighted by Crippen LogP contribution is 2.39. The Hall–Kier alpha value is -4.42. The number of hydrogen-bond acceptors (Lipinski definition) is 7. The van der Waals surface area contributed by atoms with E-state index in [0.29, 0.717) is 10.5 Å². The summed E-state index contributed by atoms with van der Waals surface area (Å²) in [6.45, 7) is 3.09. The molecular formula is C29H27F3N6O2S. The lowest BCUT2D eigenvalue weighted by molar-refractivity contribution is -0.139. The number of aromatic nitrogens is 3. The first-order chi connectivity index (χ1) is 19.7. The predicted octanol–water partition coefficient (Wildman–Crippen LogP) is 6.04. The SMILES string of the molecule is CNCCNc1ccc(-c2ccc3c(c2)ncn3-c2cc(O[C@H](C)c3ccccc3C(F)(F)F)c(C(N)=O)s2)cn1. The molecule has 0 bridgehead atoms. The van der Waals surface area contributed by atoms with Crippen LogP contribution in [-0.4, -0.2) is 40.6 Å². The van der Waals surface area contributed by atoms with Gasteiger partial charge in [-0.05, 0) is 49.9 Å². The van der Waals surface area contributed by atoms with Gasteiger partial charge in [-0.2, -0.15) is 13.2 Å². The van der Waals surface area contributed by atoms with E-state index in [2.05, 4.69) is 20.6 Å². The van der Waals surface area contributed by atoms with E-state index in [1.165, 1.54) is 25.1 Å². The maximum atomic E-state index is 13.6. The lowest BCUT2D eigenvalue weighted by atomic mass is 10.0. The molecule has 2 aromatic carbocycles. The minimum absolute atomic E-state index is 0.0416. The van der Waals surface area contributed by atoms with Crippen molar-refractivity contribution in [1.82, 2.24) is 19.9 Å².